The summed E-state index contributed by atoms with van der Waals surface area (Å²) >= 11 is 0. The molecule has 0 aliphatic rings. The predicted octanol–water partition coefficient (Wildman–Crippen LogP) is 5.07. The number of nitrogens with two attached hydrogens (primary N) is 1. The molecule has 21 heavy (non-hydrogen) atoms. The Kier molecular flexibility index (Phi) is 4.63. The van der Waals surface area contributed by atoms with E-state index in [0.29, 0.717) is 23.0 Å². The fourth-order valence-electron chi connectivity index (χ4n) is 2.53. The van der Waals surface area contributed by atoms with E-state index in [1.54, 1.807) is 19.1 Å². The Morgan fingerprint density at radius 1 is 1.10 bits per heavy atom. The number of halogens is 1. The summed E-state index contributed by atoms with van der Waals surface area (Å²) in [5.41, 5.74) is 8.70. The van der Waals surface area contributed by atoms with Gasteiger partial charge in [-0.3, -0.25) is 0 Å². The zero-order valence-electron chi connectivity index (χ0n) is 13.0. The van der Waals surface area contributed by atoms with Crippen LogP contribution in [0.1, 0.15) is 49.4 Å². The van der Waals surface area contributed by atoms with Crippen molar-refractivity contribution in [3.05, 3.63) is 58.9 Å². The maximum Gasteiger partial charge on any atom is 0.135 e. The molecule has 0 aromatic heterocycles. The van der Waals surface area contributed by atoms with Gasteiger partial charge in [-0.15, -0.1) is 0 Å². The first-order chi connectivity index (χ1) is 9.90. The second-order valence-electron chi connectivity index (χ2n) is 5.72. The molecule has 112 valence electrons. The molecular formula is C18H22FNO. The van der Waals surface area contributed by atoms with Gasteiger partial charge in [0.15, 0.2) is 0 Å². The zero-order valence-corrected chi connectivity index (χ0v) is 13.0. The van der Waals surface area contributed by atoms with Crippen molar-refractivity contribution < 1.29 is 9.13 Å². The van der Waals surface area contributed by atoms with Gasteiger partial charge in [0.25, 0.3) is 0 Å². The van der Waals surface area contributed by atoms with Crippen LogP contribution in [0.4, 0.5) is 4.39 Å². The Morgan fingerprint density at radius 2 is 1.81 bits per heavy atom. The minimum absolute atomic E-state index is 0.335. The molecule has 0 saturated heterocycles. The summed E-state index contributed by atoms with van der Waals surface area (Å²) in [5.74, 6) is 1.30. The number of rotatable bonds is 4. The molecule has 3 heteroatoms. The van der Waals surface area contributed by atoms with Crippen molar-refractivity contribution >= 4 is 0 Å². The highest BCUT2D eigenvalue weighted by Crippen LogP contribution is 2.32. The average Bonchev–Trinajstić information content (AvgIpc) is 2.37. The van der Waals surface area contributed by atoms with Crippen molar-refractivity contribution in [3.8, 4) is 11.5 Å². The van der Waals surface area contributed by atoms with Gasteiger partial charge < -0.3 is 10.5 Å². The molecule has 0 radical (unpaired) electrons. The maximum absolute atomic E-state index is 13.9. The van der Waals surface area contributed by atoms with E-state index in [0.717, 1.165) is 0 Å². The van der Waals surface area contributed by atoms with Crippen LogP contribution >= 0.6 is 0 Å². The van der Waals surface area contributed by atoms with E-state index in [1.165, 1.54) is 17.2 Å². The lowest BCUT2D eigenvalue weighted by molar-refractivity contribution is 0.460. The summed E-state index contributed by atoms with van der Waals surface area (Å²) < 4.78 is 19.7. The van der Waals surface area contributed by atoms with Crippen LogP contribution in [0.3, 0.4) is 0 Å². The van der Waals surface area contributed by atoms with Gasteiger partial charge >= 0.3 is 0 Å². The molecule has 0 aliphatic heterocycles. The third kappa shape index (κ3) is 3.42. The van der Waals surface area contributed by atoms with E-state index < -0.39 is 6.04 Å². The zero-order chi connectivity index (χ0) is 15.6. The van der Waals surface area contributed by atoms with Gasteiger partial charge in [0, 0.05) is 11.6 Å². The van der Waals surface area contributed by atoms with E-state index in [4.69, 9.17) is 10.5 Å². The summed E-state index contributed by atoms with van der Waals surface area (Å²) in [6.45, 7) is 8.12. The maximum atomic E-state index is 13.9. The van der Waals surface area contributed by atoms with Gasteiger partial charge in [0.2, 0.25) is 0 Å². The smallest absolute Gasteiger partial charge is 0.135 e. The molecule has 2 nitrogen and oxygen atoms in total. The molecule has 2 aromatic carbocycles. The summed E-state index contributed by atoms with van der Waals surface area (Å²) in [7, 11) is 0. The van der Waals surface area contributed by atoms with Crippen LogP contribution in [-0.4, -0.2) is 0 Å². The second kappa shape index (κ2) is 6.27. The molecule has 0 bridgehead atoms. The molecule has 0 aliphatic carbocycles. The molecule has 2 N–H and O–H groups in total. The summed E-state index contributed by atoms with van der Waals surface area (Å²) in [5, 5.41) is 0. The van der Waals surface area contributed by atoms with Crippen molar-refractivity contribution in [1.82, 2.24) is 0 Å². The molecule has 0 amide bonds. The van der Waals surface area contributed by atoms with Crippen LogP contribution in [-0.2, 0) is 0 Å². The summed E-state index contributed by atoms with van der Waals surface area (Å²) in [4.78, 5) is 0. The first kappa shape index (κ1) is 15.5. The molecule has 2 rings (SSSR count). The Hall–Kier alpha value is -1.87. The Bertz CT molecular complexity index is 635. The molecule has 1 unspecified atom stereocenters. The highest BCUT2D eigenvalue weighted by Gasteiger charge is 2.14. The molecule has 0 fully saturated rings. The minimum Gasteiger partial charge on any atom is -0.457 e. The van der Waals surface area contributed by atoms with Crippen LogP contribution in [0.15, 0.2) is 36.4 Å². The number of benzene rings is 2. The first-order valence-electron chi connectivity index (χ1n) is 7.22. The molecule has 2 aromatic rings. The second-order valence-corrected chi connectivity index (χ2v) is 5.72. The molecule has 0 saturated carbocycles. The summed E-state index contributed by atoms with van der Waals surface area (Å²) in [6, 6.07) is 10.3. The normalized spacial score (nSPS) is 12.5. The van der Waals surface area contributed by atoms with Crippen LogP contribution in [0.2, 0.25) is 0 Å². The largest absolute Gasteiger partial charge is 0.457 e. The lowest BCUT2D eigenvalue weighted by atomic mass is 9.98. The van der Waals surface area contributed by atoms with Crippen LogP contribution in [0, 0.1) is 12.7 Å². The van der Waals surface area contributed by atoms with E-state index in [-0.39, 0.29) is 5.82 Å². The van der Waals surface area contributed by atoms with Gasteiger partial charge in [-0.05, 0) is 55.2 Å². The highest BCUT2D eigenvalue weighted by molar-refractivity contribution is 5.43. The topological polar surface area (TPSA) is 35.2 Å². The van der Waals surface area contributed by atoms with Crippen LogP contribution in [0.25, 0.3) is 0 Å². The lowest BCUT2D eigenvalue weighted by Crippen LogP contribution is -2.09. The lowest BCUT2D eigenvalue weighted by Gasteiger charge is -2.16. The standard InChI is InChI=1S/C18H22FNO/c1-11(2)15-9-8-14(10-12(15)3)21-17-7-5-6-16(19)18(17)13(4)20/h5-11,13H,20H2,1-4H3. The van der Waals surface area contributed by atoms with Gasteiger partial charge in [-0.1, -0.05) is 26.0 Å². The van der Waals surface area contributed by atoms with Crippen molar-refractivity contribution in [2.24, 2.45) is 5.73 Å². The number of hydrogen-bond acceptors (Lipinski definition) is 2. The van der Waals surface area contributed by atoms with E-state index in [9.17, 15) is 4.39 Å². The van der Waals surface area contributed by atoms with Gasteiger partial charge in [0.1, 0.15) is 17.3 Å². The Labute approximate surface area is 125 Å². The molecular weight excluding hydrogens is 265 g/mol. The Balaban J connectivity index is 2.35. The van der Waals surface area contributed by atoms with Crippen LogP contribution < -0.4 is 10.5 Å². The van der Waals surface area contributed by atoms with Crippen molar-refractivity contribution in [3.63, 3.8) is 0 Å². The number of ether oxygens (including phenoxy) is 1. The van der Waals surface area contributed by atoms with Crippen molar-refractivity contribution in [2.45, 2.75) is 39.7 Å². The monoisotopic (exact) mass is 287 g/mol. The fourth-order valence-corrected chi connectivity index (χ4v) is 2.53. The molecule has 1 atom stereocenters. The molecule has 0 spiro atoms. The number of aryl methyl sites for hydroxylation is 1. The quantitative estimate of drug-likeness (QED) is 0.852. The van der Waals surface area contributed by atoms with Gasteiger partial charge in [0.05, 0.1) is 0 Å². The first-order valence-corrected chi connectivity index (χ1v) is 7.22. The van der Waals surface area contributed by atoms with E-state index >= 15 is 0 Å². The SMILES string of the molecule is Cc1cc(Oc2cccc(F)c2C(C)N)ccc1C(C)C. The number of hydrogen-bond donors (Lipinski definition) is 1. The van der Waals surface area contributed by atoms with Crippen molar-refractivity contribution in [2.75, 3.05) is 0 Å². The minimum atomic E-state index is -0.419. The molecule has 0 heterocycles. The summed E-state index contributed by atoms with van der Waals surface area (Å²) in [6.07, 6.45) is 0. The Morgan fingerprint density at radius 3 is 2.38 bits per heavy atom. The van der Waals surface area contributed by atoms with Gasteiger partial charge in [-0.2, -0.15) is 0 Å². The predicted molar refractivity (Wildman–Crippen MR) is 84.3 cm³/mol. The van der Waals surface area contributed by atoms with Gasteiger partial charge in [-0.25, -0.2) is 4.39 Å². The van der Waals surface area contributed by atoms with Crippen molar-refractivity contribution in [1.29, 1.82) is 0 Å². The van der Waals surface area contributed by atoms with E-state index in [2.05, 4.69) is 26.8 Å². The fraction of sp³-hybridized carbons (Fsp3) is 0.333. The van der Waals surface area contributed by atoms with E-state index in [1.807, 2.05) is 12.1 Å². The highest BCUT2D eigenvalue weighted by atomic mass is 19.1. The van der Waals surface area contributed by atoms with Crippen LogP contribution in [0.5, 0.6) is 11.5 Å². The third-order valence-corrected chi connectivity index (χ3v) is 3.56. The average molecular weight is 287 g/mol. The third-order valence-electron chi connectivity index (χ3n) is 3.56.